The maximum atomic E-state index is 12.1. The first-order valence-electron chi connectivity index (χ1n) is 8.03. The standard InChI is InChI=1S/C15H29N5O3S/c1-6-18-24(22,23)13-7-8-20(11-13)15(16-9-12(2)3)17-10-14(21)19(4)5/h13,18H,2,6-11H2,1,3-5H3,(H,16,17). The van der Waals surface area contributed by atoms with Gasteiger partial charge >= 0.3 is 0 Å². The summed E-state index contributed by atoms with van der Waals surface area (Å²) in [7, 11) is 0.0290. The molecule has 0 aliphatic carbocycles. The molecular formula is C15H29N5O3S. The molecule has 0 bridgehead atoms. The molecule has 24 heavy (non-hydrogen) atoms. The van der Waals surface area contributed by atoms with Gasteiger partial charge in [-0.05, 0) is 13.3 Å². The maximum Gasteiger partial charge on any atom is 0.243 e. The van der Waals surface area contributed by atoms with Gasteiger partial charge in [-0.25, -0.2) is 18.1 Å². The molecule has 0 aromatic rings. The lowest BCUT2D eigenvalue weighted by Gasteiger charge is -2.22. The van der Waals surface area contributed by atoms with Crippen LogP contribution in [-0.4, -0.2) is 82.2 Å². The maximum absolute atomic E-state index is 12.1. The molecule has 1 amide bonds. The SMILES string of the molecule is C=C(C)CNC(=NCC(=O)N(C)C)N1CCC(S(=O)(=O)NCC)C1. The number of likely N-dealkylation sites (N-methyl/N-ethyl adjacent to an activating group) is 1. The van der Waals surface area contributed by atoms with Gasteiger partial charge in [-0.15, -0.1) is 0 Å². The minimum Gasteiger partial charge on any atom is -0.353 e. The second-order valence-electron chi connectivity index (χ2n) is 6.14. The molecule has 1 saturated heterocycles. The number of carbonyl (C=O) groups excluding carboxylic acids is 1. The van der Waals surface area contributed by atoms with Gasteiger partial charge in [-0.2, -0.15) is 0 Å². The van der Waals surface area contributed by atoms with Crippen LogP contribution in [0.5, 0.6) is 0 Å². The zero-order chi connectivity index (χ0) is 18.3. The lowest BCUT2D eigenvalue weighted by molar-refractivity contribution is -0.127. The molecule has 1 rings (SSSR count). The topological polar surface area (TPSA) is 94.1 Å². The molecule has 1 aliphatic rings. The second kappa shape index (κ2) is 9.03. The zero-order valence-corrected chi connectivity index (χ0v) is 15.8. The highest BCUT2D eigenvalue weighted by molar-refractivity contribution is 7.90. The van der Waals surface area contributed by atoms with Gasteiger partial charge in [0.1, 0.15) is 6.54 Å². The molecule has 1 unspecified atom stereocenters. The van der Waals surface area contributed by atoms with E-state index < -0.39 is 15.3 Å². The molecule has 0 aromatic carbocycles. The average Bonchev–Trinajstić information content (AvgIpc) is 2.97. The fourth-order valence-electron chi connectivity index (χ4n) is 2.27. The van der Waals surface area contributed by atoms with E-state index in [0.717, 1.165) is 5.57 Å². The van der Waals surface area contributed by atoms with Crippen molar-refractivity contribution in [2.75, 3.05) is 46.8 Å². The number of sulfonamides is 1. The Morgan fingerprint density at radius 1 is 1.42 bits per heavy atom. The number of likely N-dealkylation sites (tertiary alicyclic amines) is 1. The van der Waals surface area contributed by atoms with Crippen molar-refractivity contribution in [1.82, 2.24) is 19.8 Å². The molecule has 9 heteroatoms. The van der Waals surface area contributed by atoms with E-state index in [0.29, 0.717) is 38.6 Å². The molecule has 1 fully saturated rings. The quantitative estimate of drug-likeness (QED) is 0.367. The summed E-state index contributed by atoms with van der Waals surface area (Å²) in [6.07, 6.45) is 0.532. The van der Waals surface area contributed by atoms with Gasteiger partial charge in [0, 0.05) is 40.3 Å². The lowest BCUT2D eigenvalue weighted by atomic mass is 10.3. The highest BCUT2D eigenvalue weighted by atomic mass is 32.2. The van der Waals surface area contributed by atoms with Gasteiger partial charge in [-0.1, -0.05) is 19.1 Å². The van der Waals surface area contributed by atoms with Crippen LogP contribution in [0.4, 0.5) is 0 Å². The average molecular weight is 359 g/mol. The lowest BCUT2D eigenvalue weighted by Crippen LogP contribution is -2.43. The molecule has 0 aromatic heterocycles. The van der Waals surface area contributed by atoms with Crippen LogP contribution in [0.25, 0.3) is 0 Å². The first-order valence-corrected chi connectivity index (χ1v) is 9.58. The van der Waals surface area contributed by atoms with Crippen LogP contribution in [-0.2, 0) is 14.8 Å². The van der Waals surface area contributed by atoms with Crippen LogP contribution in [0.15, 0.2) is 17.1 Å². The molecule has 1 heterocycles. The monoisotopic (exact) mass is 359 g/mol. The number of amides is 1. The van der Waals surface area contributed by atoms with Crippen LogP contribution < -0.4 is 10.0 Å². The van der Waals surface area contributed by atoms with E-state index >= 15 is 0 Å². The predicted molar refractivity (Wildman–Crippen MR) is 96.4 cm³/mol. The molecule has 0 spiro atoms. The van der Waals surface area contributed by atoms with Crippen molar-refractivity contribution in [3.63, 3.8) is 0 Å². The van der Waals surface area contributed by atoms with E-state index in [-0.39, 0.29) is 12.5 Å². The first-order chi connectivity index (χ1) is 11.2. The fraction of sp³-hybridized carbons (Fsp3) is 0.733. The van der Waals surface area contributed by atoms with Crippen molar-refractivity contribution in [3.05, 3.63) is 12.2 Å². The highest BCUT2D eigenvalue weighted by Crippen LogP contribution is 2.16. The van der Waals surface area contributed by atoms with E-state index in [9.17, 15) is 13.2 Å². The van der Waals surface area contributed by atoms with Gasteiger partial charge < -0.3 is 15.1 Å². The van der Waals surface area contributed by atoms with Gasteiger partial charge in [0.2, 0.25) is 15.9 Å². The summed E-state index contributed by atoms with van der Waals surface area (Å²) in [6.45, 7) is 9.34. The Morgan fingerprint density at radius 2 is 2.08 bits per heavy atom. The summed E-state index contributed by atoms with van der Waals surface area (Å²) in [5.74, 6) is 0.433. The summed E-state index contributed by atoms with van der Waals surface area (Å²) in [5.41, 5.74) is 0.928. The number of carbonyl (C=O) groups is 1. The Balaban J connectivity index is 2.82. The van der Waals surface area contributed by atoms with Crippen molar-refractivity contribution < 1.29 is 13.2 Å². The van der Waals surface area contributed by atoms with Crippen molar-refractivity contribution in [1.29, 1.82) is 0 Å². The third kappa shape index (κ3) is 6.12. The molecule has 8 nitrogen and oxygen atoms in total. The zero-order valence-electron chi connectivity index (χ0n) is 15.0. The van der Waals surface area contributed by atoms with Crippen LogP contribution in [0.3, 0.4) is 0 Å². The molecule has 0 saturated carbocycles. The second-order valence-corrected chi connectivity index (χ2v) is 8.18. The third-order valence-electron chi connectivity index (χ3n) is 3.64. The number of hydrogen-bond donors (Lipinski definition) is 2. The van der Waals surface area contributed by atoms with Crippen molar-refractivity contribution in [2.45, 2.75) is 25.5 Å². The minimum atomic E-state index is -3.32. The van der Waals surface area contributed by atoms with Crippen LogP contribution in [0, 0.1) is 0 Å². The van der Waals surface area contributed by atoms with Crippen LogP contribution >= 0.6 is 0 Å². The molecular weight excluding hydrogens is 330 g/mol. The number of hydrogen-bond acceptors (Lipinski definition) is 4. The highest BCUT2D eigenvalue weighted by Gasteiger charge is 2.34. The number of nitrogens with one attached hydrogen (secondary N) is 2. The third-order valence-corrected chi connectivity index (χ3v) is 5.59. The van der Waals surface area contributed by atoms with E-state index in [4.69, 9.17) is 0 Å². The predicted octanol–water partition coefficient (Wildman–Crippen LogP) is -0.390. The Hall–Kier alpha value is -1.61. The Labute approximate surface area is 145 Å². The fourth-order valence-corrected chi connectivity index (χ4v) is 3.70. The summed E-state index contributed by atoms with van der Waals surface area (Å²) in [4.78, 5) is 19.5. The van der Waals surface area contributed by atoms with Crippen molar-refractivity contribution >= 4 is 21.9 Å². The molecule has 2 N–H and O–H groups in total. The molecule has 0 radical (unpaired) electrons. The first kappa shape index (κ1) is 20.4. The molecule has 138 valence electrons. The van der Waals surface area contributed by atoms with Crippen molar-refractivity contribution in [3.8, 4) is 0 Å². The normalized spacial score (nSPS) is 18.6. The summed E-state index contributed by atoms with van der Waals surface area (Å²) in [5, 5.41) is 2.68. The van der Waals surface area contributed by atoms with Gasteiger partial charge in [0.15, 0.2) is 5.96 Å². The minimum absolute atomic E-state index is 0.0205. The van der Waals surface area contributed by atoms with Gasteiger partial charge in [-0.3, -0.25) is 4.79 Å². The van der Waals surface area contributed by atoms with E-state index in [1.165, 1.54) is 4.90 Å². The largest absolute Gasteiger partial charge is 0.353 e. The Bertz CT molecular complexity index is 586. The van der Waals surface area contributed by atoms with E-state index in [1.807, 2.05) is 11.8 Å². The van der Waals surface area contributed by atoms with Crippen molar-refractivity contribution in [2.24, 2.45) is 4.99 Å². The molecule has 1 atom stereocenters. The van der Waals surface area contributed by atoms with Gasteiger partial charge in [0.25, 0.3) is 0 Å². The summed E-state index contributed by atoms with van der Waals surface area (Å²) in [6, 6.07) is 0. The summed E-state index contributed by atoms with van der Waals surface area (Å²) >= 11 is 0. The number of nitrogens with zero attached hydrogens (tertiary/aromatic N) is 3. The number of aliphatic imine (C=N–C) groups is 1. The van der Waals surface area contributed by atoms with E-state index in [1.54, 1.807) is 21.0 Å². The van der Waals surface area contributed by atoms with Gasteiger partial charge in [0.05, 0.1) is 5.25 Å². The summed E-state index contributed by atoms with van der Waals surface area (Å²) < 4.78 is 26.8. The Morgan fingerprint density at radius 3 is 2.62 bits per heavy atom. The van der Waals surface area contributed by atoms with Crippen LogP contribution in [0.2, 0.25) is 0 Å². The smallest absolute Gasteiger partial charge is 0.243 e. The Kier molecular flexibility index (Phi) is 7.68. The molecule has 1 aliphatic heterocycles. The number of rotatable bonds is 7. The van der Waals surface area contributed by atoms with E-state index in [2.05, 4.69) is 21.6 Å². The van der Waals surface area contributed by atoms with Crippen LogP contribution in [0.1, 0.15) is 20.3 Å². The number of guanidine groups is 1.